The van der Waals surface area contributed by atoms with E-state index in [1.165, 1.54) is 18.2 Å². The largest absolute Gasteiger partial charge is 0.478 e. The second-order valence-corrected chi connectivity index (χ2v) is 3.41. The summed E-state index contributed by atoms with van der Waals surface area (Å²) in [5, 5.41) is 8.58. The molecule has 0 unspecified atom stereocenters. The Labute approximate surface area is 82.5 Å². The Bertz CT molecular complexity index is 312. The van der Waals surface area contributed by atoms with Crippen molar-refractivity contribution in [2.24, 2.45) is 0 Å². The van der Waals surface area contributed by atoms with E-state index in [4.69, 9.17) is 5.11 Å². The van der Waals surface area contributed by atoms with Crippen LogP contribution in [0.25, 0.3) is 0 Å². The second kappa shape index (κ2) is 3.84. The van der Waals surface area contributed by atoms with Crippen LogP contribution in [0.1, 0.15) is 15.9 Å². The molecule has 1 N–H and O–H groups in total. The Balaban J connectivity index is 3.10. The number of alkyl halides is 1. The molecule has 1 aromatic carbocycles. The van der Waals surface area contributed by atoms with Gasteiger partial charge >= 0.3 is 5.97 Å². The van der Waals surface area contributed by atoms with Crippen LogP contribution in [0, 0.1) is 3.57 Å². The van der Waals surface area contributed by atoms with Crippen molar-refractivity contribution in [1.29, 1.82) is 0 Å². The molecule has 64 valence electrons. The average Bonchev–Trinajstić information content (AvgIpc) is 2.04. The third-order valence-electron chi connectivity index (χ3n) is 1.44. The van der Waals surface area contributed by atoms with E-state index in [2.05, 4.69) is 0 Å². The Hall–Kier alpha value is -0.650. The first kappa shape index (κ1) is 9.44. The van der Waals surface area contributed by atoms with Crippen molar-refractivity contribution in [3.05, 3.63) is 32.9 Å². The Morgan fingerprint density at radius 3 is 2.67 bits per heavy atom. The summed E-state index contributed by atoms with van der Waals surface area (Å²) in [6.45, 7) is -0.557. The molecule has 0 aromatic heterocycles. The Morgan fingerprint density at radius 2 is 2.25 bits per heavy atom. The van der Waals surface area contributed by atoms with Crippen LogP contribution in [0.3, 0.4) is 0 Å². The van der Waals surface area contributed by atoms with Gasteiger partial charge in [-0.1, -0.05) is 6.07 Å². The minimum absolute atomic E-state index is 0.191. The summed E-state index contributed by atoms with van der Waals surface area (Å²) in [5.74, 6) is -0.988. The lowest BCUT2D eigenvalue weighted by molar-refractivity contribution is 0.0697. The summed E-state index contributed by atoms with van der Waals surface area (Å²) in [6.07, 6.45) is 0. The molecule has 0 bridgehead atoms. The van der Waals surface area contributed by atoms with Crippen LogP contribution in [0.4, 0.5) is 4.39 Å². The zero-order valence-electron chi connectivity index (χ0n) is 6.05. The maximum atomic E-state index is 12.2. The van der Waals surface area contributed by atoms with Crippen LogP contribution < -0.4 is 0 Å². The average molecular weight is 280 g/mol. The molecule has 0 aliphatic rings. The number of halogens is 2. The number of benzene rings is 1. The van der Waals surface area contributed by atoms with Gasteiger partial charge < -0.3 is 5.11 Å². The summed E-state index contributed by atoms with van der Waals surface area (Å²) < 4.78 is 12.8. The van der Waals surface area contributed by atoms with Crippen molar-refractivity contribution in [1.82, 2.24) is 0 Å². The van der Waals surface area contributed by atoms with Gasteiger partial charge in [0.1, 0.15) is 6.67 Å². The van der Waals surface area contributed by atoms with E-state index in [0.717, 1.165) is 0 Å². The number of carbonyl (C=O) groups is 1. The van der Waals surface area contributed by atoms with Gasteiger partial charge in [-0.25, -0.2) is 9.18 Å². The van der Waals surface area contributed by atoms with E-state index in [0.29, 0.717) is 9.13 Å². The zero-order chi connectivity index (χ0) is 9.14. The number of carboxylic acid groups (broad SMARTS) is 1. The molecule has 0 heterocycles. The molecular weight excluding hydrogens is 274 g/mol. The lowest BCUT2D eigenvalue weighted by atomic mass is 10.1. The second-order valence-electron chi connectivity index (χ2n) is 2.24. The quantitative estimate of drug-likeness (QED) is 0.845. The molecule has 0 radical (unpaired) electrons. The van der Waals surface area contributed by atoms with Crippen LogP contribution in [0.5, 0.6) is 0 Å². The highest BCUT2D eigenvalue weighted by Gasteiger charge is 2.05. The third kappa shape index (κ3) is 1.94. The molecule has 0 aliphatic heterocycles. The molecular formula is C8H6FIO2. The molecule has 1 rings (SSSR count). The maximum Gasteiger partial charge on any atom is 0.335 e. The lowest BCUT2D eigenvalue weighted by Gasteiger charge is -1.99. The number of hydrogen-bond donors (Lipinski definition) is 1. The van der Waals surface area contributed by atoms with E-state index >= 15 is 0 Å². The van der Waals surface area contributed by atoms with E-state index in [-0.39, 0.29) is 5.56 Å². The van der Waals surface area contributed by atoms with Gasteiger partial charge in [0.25, 0.3) is 0 Å². The first-order valence-corrected chi connectivity index (χ1v) is 4.30. The van der Waals surface area contributed by atoms with E-state index < -0.39 is 12.6 Å². The summed E-state index contributed by atoms with van der Waals surface area (Å²) in [7, 11) is 0. The minimum Gasteiger partial charge on any atom is -0.478 e. The van der Waals surface area contributed by atoms with Gasteiger partial charge in [-0.2, -0.15) is 0 Å². The fourth-order valence-corrected chi connectivity index (χ4v) is 1.45. The highest BCUT2D eigenvalue weighted by atomic mass is 127. The molecule has 4 heteroatoms. The molecule has 0 amide bonds. The molecule has 0 atom stereocenters. The van der Waals surface area contributed by atoms with Gasteiger partial charge in [-0.3, -0.25) is 0 Å². The zero-order valence-corrected chi connectivity index (χ0v) is 8.21. The van der Waals surface area contributed by atoms with Gasteiger partial charge in [0.05, 0.1) is 5.56 Å². The molecule has 12 heavy (non-hydrogen) atoms. The van der Waals surface area contributed by atoms with Crippen LogP contribution in [0.15, 0.2) is 18.2 Å². The van der Waals surface area contributed by atoms with Gasteiger partial charge in [0.15, 0.2) is 0 Å². The van der Waals surface area contributed by atoms with Crippen molar-refractivity contribution in [3.63, 3.8) is 0 Å². The van der Waals surface area contributed by atoms with Crippen molar-refractivity contribution in [2.75, 3.05) is 0 Å². The standard InChI is InChI=1S/C8H6FIO2/c9-4-6-2-1-5(8(11)12)3-7(6)10/h1-3H,4H2,(H,11,12). The van der Waals surface area contributed by atoms with Crippen LogP contribution >= 0.6 is 22.6 Å². The van der Waals surface area contributed by atoms with Gasteiger partial charge in [0.2, 0.25) is 0 Å². The van der Waals surface area contributed by atoms with Crippen molar-refractivity contribution in [3.8, 4) is 0 Å². The number of carboxylic acids is 1. The highest BCUT2D eigenvalue weighted by molar-refractivity contribution is 14.1. The maximum absolute atomic E-state index is 12.2. The van der Waals surface area contributed by atoms with Crippen molar-refractivity contribution < 1.29 is 14.3 Å². The number of aromatic carboxylic acids is 1. The molecule has 0 saturated carbocycles. The van der Waals surface area contributed by atoms with Gasteiger partial charge in [-0.15, -0.1) is 0 Å². The summed E-state index contributed by atoms with van der Waals surface area (Å²) in [6, 6.07) is 4.35. The SMILES string of the molecule is O=C(O)c1ccc(CF)c(I)c1. The number of hydrogen-bond acceptors (Lipinski definition) is 1. The molecule has 0 fully saturated rings. The molecule has 0 saturated heterocycles. The van der Waals surface area contributed by atoms with E-state index in [9.17, 15) is 9.18 Å². The molecule has 0 aliphatic carbocycles. The van der Waals surface area contributed by atoms with E-state index in [1.807, 2.05) is 22.6 Å². The van der Waals surface area contributed by atoms with Crippen molar-refractivity contribution in [2.45, 2.75) is 6.67 Å². The summed E-state index contributed by atoms with van der Waals surface area (Å²) in [5.41, 5.74) is 0.720. The first-order chi connectivity index (χ1) is 5.65. The van der Waals surface area contributed by atoms with Crippen LogP contribution in [-0.2, 0) is 6.67 Å². The van der Waals surface area contributed by atoms with Crippen molar-refractivity contribution >= 4 is 28.6 Å². The fraction of sp³-hybridized carbons (Fsp3) is 0.125. The smallest absolute Gasteiger partial charge is 0.335 e. The predicted molar refractivity (Wildman–Crippen MR) is 50.9 cm³/mol. The minimum atomic E-state index is -0.988. The van der Waals surface area contributed by atoms with Gasteiger partial charge in [-0.05, 0) is 40.3 Å². The number of rotatable bonds is 2. The third-order valence-corrected chi connectivity index (χ3v) is 2.45. The summed E-state index contributed by atoms with van der Waals surface area (Å²) >= 11 is 1.92. The first-order valence-electron chi connectivity index (χ1n) is 3.23. The van der Waals surface area contributed by atoms with E-state index in [1.54, 1.807) is 0 Å². The summed E-state index contributed by atoms with van der Waals surface area (Å²) in [4.78, 5) is 10.5. The van der Waals surface area contributed by atoms with Crippen LogP contribution in [-0.4, -0.2) is 11.1 Å². The topological polar surface area (TPSA) is 37.3 Å². The molecule has 0 spiro atoms. The Morgan fingerprint density at radius 1 is 1.58 bits per heavy atom. The molecule has 1 aromatic rings. The molecule has 2 nitrogen and oxygen atoms in total. The fourth-order valence-electron chi connectivity index (χ4n) is 0.789. The monoisotopic (exact) mass is 280 g/mol. The predicted octanol–water partition coefficient (Wildman–Crippen LogP) is 2.46. The van der Waals surface area contributed by atoms with Crippen LogP contribution in [0.2, 0.25) is 0 Å². The normalized spacial score (nSPS) is 9.83. The highest BCUT2D eigenvalue weighted by Crippen LogP contribution is 2.15. The van der Waals surface area contributed by atoms with Gasteiger partial charge in [0, 0.05) is 3.57 Å². The lowest BCUT2D eigenvalue weighted by Crippen LogP contribution is -1.97. The Kier molecular flexibility index (Phi) is 3.02.